The van der Waals surface area contributed by atoms with Crippen molar-refractivity contribution in [3.05, 3.63) is 9.47 Å². The number of hydrogen-bond donors (Lipinski definition) is 2. The summed E-state index contributed by atoms with van der Waals surface area (Å²) in [5.41, 5.74) is 0. The minimum atomic E-state index is -3.23. The van der Waals surface area contributed by atoms with E-state index >= 15 is 0 Å². The maximum absolute atomic E-state index is 11.3. The molecule has 1 amide bonds. The summed E-state index contributed by atoms with van der Waals surface area (Å²) >= 11 is 6.45. The van der Waals surface area contributed by atoms with E-state index in [0.717, 1.165) is 17.6 Å². The molecule has 0 aromatic carbocycles. The van der Waals surface area contributed by atoms with Gasteiger partial charge in [0.15, 0.2) is 0 Å². The molecular formula is C6H9ClN4O3S2. The molecule has 0 radical (unpaired) electrons. The van der Waals surface area contributed by atoms with Crippen LogP contribution >= 0.6 is 22.9 Å². The lowest BCUT2D eigenvalue weighted by molar-refractivity contribution is 0.0953. The van der Waals surface area contributed by atoms with Crippen LogP contribution in [0, 0.1) is 0 Å². The number of amides is 1. The van der Waals surface area contributed by atoms with Gasteiger partial charge < -0.3 is 5.32 Å². The number of halogens is 1. The largest absolute Gasteiger partial charge is 0.349 e. The summed E-state index contributed by atoms with van der Waals surface area (Å²) in [6, 6.07) is 0. The van der Waals surface area contributed by atoms with Crippen LogP contribution in [0.15, 0.2) is 0 Å². The van der Waals surface area contributed by atoms with E-state index in [-0.39, 0.29) is 22.6 Å². The Hall–Kier alpha value is -0.770. The fourth-order valence-corrected chi connectivity index (χ4v) is 2.00. The lowest BCUT2D eigenvalue weighted by atomic mass is 10.6. The van der Waals surface area contributed by atoms with Crippen LogP contribution in [0.25, 0.3) is 0 Å². The third kappa shape index (κ3) is 4.84. The van der Waals surface area contributed by atoms with Gasteiger partial charge >= 0.3 is 0 Å². The van der Waals surface area contributed by atoms with Crippen molar-refractivity contribution in [3.8, 4) is 0 Å². The van der Waals surface area contributed by atoms with E-state index in [2.05, 4.69) is 20.2 Å². The van der Waals surface area contributed by atoms with E-state index < -0.39 is 15.9 Å². The summed E-state index contributed by atoms with van der Waals surface area (Å²) in [7, 11) is -3.23. The number of carbonyl (C=O) groups is 1. The van der Waals surface area contributed by atoms with Gasteiger partial charge in [0.2, 0.25) is 19.5 Å². The van der Waals surface area contributed by atoms with Gasteiger partial charge in [0.1, 0.15) is 0 Å². The van der Waals surface area contributed by atoms with Crippen LogP contribution in [0.2, 0.25) is 4.47 Å². The molecule has 1 aromatic rings. The fourth-order valence-electron chi connectivity index (χ4n) is 0.785. The van der Waals surface area contributed by atoms with Crippen LogP contribution in [0.5, 0.6) is 0 Å². The quantitative estimate of drug-likeness (QED) is 0.708. The molecule has 0 aliphatic rings. The highest BCUT2D eigenvalue weighted by Gasteiger charge is 2.11. The summed E-state index contributed by atoms with van der Waals surface area (Å²) in [5, 5.41) is 9.61. The van der Waals surface area contributed by atoms with E-state index in [1.54, 1.807) is 0 Å². The molecule has 90 valence electrons. The van der Waals surface area contributed by atoms with Crippen LogP contribution in [-0.4, -0.2) is 43.9 Å². The zero-order valence-corrected chi connectivity index (χ0v) is 10.6. The Bertz CT molecular complexity index is 472. The first-order valence-electron chi connectivity index (χ1n) is 4.10. The van der Waals surface area contributed by atoms with E-state index in [0.29, 0.717) is 0 Å². The molecular weight excluding hydrogens is 276 g/mol. The van der Waals surface area contributed by atoms with Crippen molar-refractivity contribution in [2.24, 2.45) is 0 Å². The predicted molar refractivity (Wildman–Crippen MR) is 60.1 cm³/mol. The molecule has 0 fully saturated rings. The van der Waals surface area contributed by atoms with E-state index in [1.165, 1.54) is 0 Å². The molecule has 10 heteroatoms. The lowest BCUT2D eigenvalue weighted by Gasteiger charge is -2.02. The van der Waals surface area contributed by atoms with Gasteiger partial charge in [-0.15, -0.1) is 10.2 Å². The molecule has 2 N–H and O–H groups in total. The van der Waals surface area contributed by atoms with Crippen molar-refractivity contribution < 1.29 is 13.2 Å². The van der Waals surface area contributed by atoms with Gasteiger partial charge in [0.05, 0.1) is 6.26 Å². The van der Waals surface area contributed by atoms with Crippen LogP contribution in [0.3, 0.4) is 0 Å². The smallest absolute Gasteiger partial charge is 0.282 e. The van der Waals surface area contributed by atoms with Gasteiger partial charge in [0, 0.05) is 13.1 Å². The third-order valence-corrected chi connectivity index (χ3v) is 3.12. The first-order valence-corrected chi connectivity index (χ1v) is 7.19. The van der Waals surface area contributed by atoms with Crippen LogP contribution in [0.1, 0.15) is 9.80 Å². The zero-order chi connectivity index (χ0) is 12.2. The molecule has 1 heterocycles. The molecule has 0 atom stereocenters. The second-order valence-corrected chi connectivity index (χ2v) is 6.18. The van der Waals surface area contributed by atoms with Crippen molar-refractivity contribution in [1.29, 1.82) is 0 Å². The van der Waals surface area contributed by atoms with Gasteiger partial charge in [-0.25, -0.2) is 13.1 Å². The minimum absolute atomic E-state index is 0.122. The SMILES string of the molecule is CS(=O)(=O)NCCNC(=O)c1nnc(Cl)s1. The Balaban J connectivity index is 2.31. The topological polar surface area (TPSA) is 101 Å². The Morgan fingerprint density at radius 1 is 1.44 bits per heavy atom. The third-order valence-electron chi connectivity index (χ3n) is 1.37. The monoisotopic (exact) mass is 284 g/mol. The molecule has 0 saturated heterocycles. The van der Waals surface area contributed by atoms with Gasteiger partial charge in [-0.05, 0) is 11.6 Å². The number of sulfonamides is 1. The summed E-state index contributed by atoms with van der Waals surface area (Å²) in [6.07, 6.45) is 1.04. The molecule has 0 aliphatic heterocycles. The van der Waals surface area contributed by atoms with E-state index in [4.69, 9.17) is 11.6 Å². The van der Waals surface area contributed by atoms with Crippen molar-refractivity contribution >= 4 is 38.9 Å². The van der Waals surface area contributed by atoms with E-state index in [9.17, 15) is 13.2 Å². The predicted octanol–water partition coefficient (Wildman–Crippen LogP) is -0.530. The van der Waals surface area contributed by atoms with Gasteiger partial charge in [-0.2, -0.15) is 0 Å². The standard InChI is InChI=1S/C6H9ClN4O3S2/c1-16(13,14)9-3-2-8-4(12)5-10-11-6(7)15-5/h9H,2-3H2,1H3,(H,8,12). The maximum Gasteiger partial charge on any atom is 0.282 e. The highest BCUT2D eigenvalue weighted by molar-refractivity contribution is 7.88. The van der Waals surface area contributed by atoms with Crippen molar-refractivity contribution in [2.75, 3.05) is 19.3 Å². The Morgan fingerprint density at radius 3 is 2.62 bits per heavy atom. The second kappa shape index (κ2) is 5.53. The fraction of sp³-hybridized carbons (Fsp3) is 0.500. The molecule has 0 saturated carbocycles. The summed E-state index contributed by atoms with van der Waals surface area (Å²) in [6.45, 7) is 0.292. The highest BCUT2D eigenvalue weighted by atomic mass is 35.5. The number of nitrogens with zero attached hydrogens (tertiary/aromatic N) is 2. The Morgan fingerprint density at radius 2 is 2.12 bits per heavy atom. The molecule has 1 aromatic heterocycles. The number of nitrogens with one attached hydrogen (secondary N) is 2. The van der Waals surface area contributed by atoms with Crippen molar-refractivity contribution in [1.82, 2.24) is 20.2 Å². The van der Waals surface area contributed by atoms with Crippen molar-refractivity contribution in [3.63, 3.8) is 0 Å². The molecule has 7 nitrogen and oxygen atoms in total. The summed E-state index contributed by atoms with van der Waals surface area (Å²) < 4.78 is 23.8. The van der Waals surface area contributed by atoms with Crippen LogP contribution < -0.4 is 10.0 Å². The van der Waals surface area contributed by atoms with E-state index in [1.807, 2.05) is 0 Å². The minimum Gasteiger partial charge on any atom is -0.349 e. The normalized spacial score (nSPS) is 11.4. The zero-order valence-electron chi connectivity index (χ0n) is 8.23. The first kappa shape index (κ1) is 13.3. The molecule has 0 unspecified atom stereocenters. The number of rotatable bonds is 5. The molecule has 1 rings (SSSR count). The molecule has 0 spiro atoms. The highest BCUT2D eigenvalue weighted by Crippen LogP contribution is 2.14. The maximum atomic E-state index is 11.3. The summed E-state index contributed by atoms with van der Waals surface area (Å²) in [5.74, 6) is -0.431. The number of carbonyl (C=O) groups excluding carboxylic acids is 1. The van der Waals surface area contributed by atoms with Gasteiger partial charge in [0.25, 0.3) is 5.91 Å². The average molecular weight is 285 g/mol. The lowest BCUT2D eigenvalue weighted by Crippen LogP contribution is -2.34. The number of hydrogen-bond acceptors (Lipinski definition) is 6. The second-order valence-electron chi connectivity index (χ2n) is 2.78. The van der Waals surface area contributed by atoms with Crippen molar-refractivity contribution in [2.45, 2.75) is 0 Å². The Labute approximate surface area is 101 Å². The number of aromatic nitrogens is 2. The Kier molecular flexibility index (Phi) is 4.59. The molecule has 0 aliphatic carbocycles. The average Bonchev–Trinajstić information content (AvgIpc) is 2.57. The van der Waals surface area contributed by atoms with Gasteiger partial charge in [-0.3, -0.25) is 4.79 Å². The van der Waals surface area contributed by atoms with Crippen LogP contribution in [-0.2, 0) is 10.0 Å². The molecule has 0 bridgehead atoms. The first-order chi connectivity index (χ1) is 7.38. The summed E-state index contributed by atoms with van der Waals surface area (Å²) in [4.78, 5) is 11.3. The van der Waals surface area contributed by atoms with Gasteiger partial charge in [-0.1, -0.05) is 11.3 Å². The molecule has 16 heavy (non-hydrogen) atoms. The van der Waals surface area contributed by atoms with Crippen LogP contribution in [0.4, 0.5) is 0 Å².